The highest BCUT2D eigenvalue weighted by Gasteiger charge is 2.70. The first-order valence-electron chi connectivity index (χ1n) is 13.2. The first kappa shape index (κ1) is 28.1. The molecule has 4 aliphatic carbocycles. The molecule has 0 aromatic heterocycles. The highest BCUT2D eigenvalue weighted by Crippen LogP contribution is 2.68. The summed E-state index contributed by atoms with van der Waals surface area (Å²) in [5.41, 5.74) is -6.13. The third-order valence-corrected chi connectivity index (χ3v) is 10.9. The van der Waals surface area contributed by atoms with Crippen LogP contribution in [0.5, 0.6) is 0 Å². The van der Waals surface area contributed by atoms with Crippen LogP contribution in [0.2, 0.25) is 0 Å². The summed E-state index contributed by atoms with van der Waals surface area (Å²) in [5, 5.41) is 86.9. The fraction of sp³-hybridized carbons (Fsp3) is 0.889. The summed E-state index contributed by atoms with van der Waals surface area (Å²) in [7, 11) is 0. The van der Waals surface area contributed by atoms with Crippen LogP contribution in [-0.2, 0) is 4.79 Å². The molecule has 0 spiro atoms. The van der Waals surface area contributed by atoms with Crippen molar-refractivity contribution >= 4 is 5.78 Å². The van der Waals surface area contributed by atoms with E-state index in [2.05, 4.69) is 0 Å². The Labute approximate surface area is 212 Å². The van der Waals surface area contributed by atoms with Gasteiger partial charge in [0, 0.05) is 23.2 Å². The van der Waals surface area contributed by atoms with Crippen molar-refractivity contribution in [2.24, 2.45) is 28.6 Å². The van der Waals surface area contributed by atoms with Gasteiger partial charge in [0.1, 0.15) is 6.10 Å². The minimum atomic E-state index is -1.70. The summed E-state index contributed by atoms with van der Waals surface area (Å²) >= 11 is 0. The molecular formula is C27H44O9. The zero-order valence-electron chi connectivity index (χ0n) is 21.9. The third kappa shape index (κ3) is 3.69. The zero-order chi connectivity index (χ0) is 27.2. The number of aliphatic hydroxyl groups excluding tert-OH is 5. The molecule has 3 fully saturated rings. The van der Waals surface area contributed by atoms with Crippen molar-refractivity contribution in [2.45, 2.75) is 120 Å². The van der Waals surface area contributed by atoms with Gasteiger partial charge in [-0.2, -0.15) is 0 Å². The monoisotopic (exact) mass is 512 g/mol. The standard InChI is InChI=1S/C27H44O9/c1-23(2,34)19(30)12-20(31)26(5,35)18-7-9-27(36)14-10-16(28)15-11-17(29)21(32)22(33)25(15,4)13(14)6-8-24(18,27)3/h10,13,15,17-22,29-36H,6-9,11-12H2,1-5H3/t13-,15-,17+,18-,19+,20+,21+,22+,24+,25+,26+,27+/m0/s1. The Morgan fingerprint density at radius 3 is 2.19 bits per heavy atom. The van der Waals surface area contributed by atoms with Crippen molar-refractivity contribution in [1.82, 2.24) is 0 Å². The van der Waals surface area contributed by atoms with Crippen molar-refractivity contribution in [2.75, 3.05) is 0 Å². The van der Waals surface area contributed by atoms with E-state index >= 15 is 0 Å². The van der Waals surface area contributed by atoms with Crippen LogP contribution in [0.4, 0.5) is 0 Å². The Kier molecular flexibility index (Phi) is 6.67. The van der Waals surface area contributed by atoms with E-state index in [0.717, 1.165) is 0 Å². The number of ketones is 1. The maximum atomic E-state index is 13.3. The van der Waals surface area contributed by atoms with Gasteiger partial charge < -0.3 is 40.9 Å². The van der Waals surface area contributed by atoms with E-state index in [9.17, 15) is 45.6 Å². The van der Waals surface area contributed by atoms with Crippen molar-refractivity contribution in [3.63, 3.8) is 0 Å². The van der Waals surface area contributed by atoms with Gasteiger partial charge in [0.25, 0.3) is 0 Å². The predicted octanol–water partition coefficient (Wildman–Crippen LogP) is -0.204. The number of rotatable bonds is 5. The zero-order valence-corrected chi connectivity index (χ0v) is 21.9. The molecule has 8 N–H and O–H groups in total. The lowest BCUT2D eigenvalue weighted by Gasteiger charge is -2.61. The maximum Gasteiger partial charge on any atom is 0.159 e. The van der Waals surface area contributed by atoms with Gasteiger partial charge in [-0.25, -0.2) is 0 Å². The molecular weight excluding hydrogens is 468 g/mol. The second-order valence-electron chi connectivity index (χ2n) is 13.3. The molecule has 0 saturated heterocycles. The van der Waals surface area contributed by atoms with Gasteiger partial charge in [-0.15, -0.1) is 0 Å². The molecule has 9 nitrogen and oxygen atoms in total. The minimum Gasteiger partial charge on any atom is -0.390 e. The fourth-order valence-electron chi connectivity index (χ4n) is 8.31. The Morgan fingerprint density at radius 2 is 1.61 bits per heavy atom. The Morgan fingerprint density at radius 1 is 1.00 bits per heavy atom. The number of hydrogen-bond donors (Lipinski definition) is 8. The van der Waals surface area contributed by atoms with Crippen molar-refractivity contribution in [3.05, 3.63) is 11.6 Å². The van der Waals surface area contributed by atoms with E-state index in [0.29, 0.717) is 24.8 Å². The molecule has 0 aliphatic heterocycles. The lowest BCUT2D eigenvalue weighted by atomic mass is 9.45. The second kappa shape index (κ2) is 8.55. The lowest BCUT2D eigenvalue weighted by molar-refractivity contribution is -0.206. The van der Waals surface area contributed by atoms with Crippen molar-refractivity contribution in [1.29, 1.82) is 0 Å². The molecule has 0 aromatic carbocycles. The molecule has 4 aliphatic rings. The number of hydrogen-bond acceptors (Lipinski definition) is 9. The maximum absolute atomic E-state index is 13.3. The van der Waals surface area contributed by atoms with Crippen LogP contribution >= 0.6 is 0 Å². The largest absolute Gasteiger partial charge is 0.390 e. The first-order chi connectivity index (χ1) is 16.3. The van der Waals surface area contributed by atoms with Crippen molar-refractivity contribution in [3.8, 4) is 0 Å². The normalized spacial score (nSPS) is 48.2. The molecule has 0 unspecified atom stereocenters. The highest BCUT2D eigenvalue weighted by molar-refractivity contribution is 5.95. The number of allylic oxidation sites excluding steroid dienone is 1. The van der Waals surface area contributed by atoms with Crippen LogP contribution in [0.15, 0.2) is 11.6 Å². The third-order valence-electron chi connectivity index (χ3n) is 10.9. The van der Waals surface area contributed by atoms with Gasteiger partial charge in [0.15, 0.2) is 5.78 Å². The summed E-state index contributed by atoms with van der Waals surface area (Å²) < 4.78 is 0. The Hall–Kier alpha value is -0.910. The Bertz CT molecular complexity index is 925. The SMILES string of the molecule is CC(C)(O)[C@H](O)C[C@@H](O)[C@](C)(O)[C@H]1CC[C@@]2(O)C3=CC(=O)[C@@H]4C[C@@H](O)[C@@H](O)[C@@H](O)[C@]4(C)[C@H]3CC[C@]12C. The van der Waals surface area contributed by atoms with Gasteiger partial charge in [0.2, 0.25) is 0 Å². The summed E-state index contributed by atoms with van der Waals surface area (Å²) in [5.74, 6) is -1.96. The first-order valence-corrected chi connectivity index (χ1v) is 13.2. The molecule has 206 valence electrons. The van der Waals surface area contributed by atoms with Crippen LogP contribution in [0, 0.1) is 28.6 Å². The van der Waals surface area contributed by atoms with E-state index in [4.69, 9.17) is 0 Å². The minimum absolute atomic E-state index is 0.0383. The number of carbonyl (C=O) groups is 1. The average molecular weight is 513 g/mol. The summed E-state index contributed by atoms with van der Waals surface area (Å²) in [6.07, 6.45) is -3.83. The highest BCUT2D eigenvalue weighted by atomic mass is 16.4. The van der Waals surface area contributed by atoms with Crippen LogP contribution in [-0.4, -0.2) is 94.0 Å². The van der Waals surface area contributed by atoms with E-state index < -0.39 is 75.9 Å². The van der Waals surface area contributed by atoms with E-state index in [1.54, 1.807) is 6.92 Å². The molecule has 0 heterocycles. The number of fused-ring (bicyclic) bond motifs is 5. The molecule has 3 saturated carbocycles. The smallest absolute Gasteiger partial charge is 0.159 e. The van der Waals surface area contributed by atoms with Crippen molar-refractivity contribution < 1.29 is 45.6 Å². The van der Waals surface area contributed by atoms with Gasteiger partial charge in [0.05, 0.1) is 41.2 Å². The van der Waals surface area contributed by atoms with E-state index in [1.165, 1.54) is 26.8 Å². The Balaban J connectivity index is 1.69. The van der Waals surface area contributed by atoms with Gasteiger partial charge in [-0.3, -0.25) is 4.79 Å². The predicted molar refractivity (Wildman–Crippen MR) is 129 cm³/mol. The molecule has 0 bridgehead atoms. The molecule has 4 rings (SSSR count). The van der Waals surface area contributed by atoms with Crippen LogP contribution in [0.25, 0.3) is 0 Å². The molecule has 0 radical (unpaired) electrons. The van der Waals surface area contributed by atoms with Gasteiger partial charge >= 0.3 is 0 Å². The number of carbonyl (C=O) groups excluding carboxylic acids is 1. The molecule has 36 heavy (non-hydrogen) atoms. The summed E-state index contributed by atoms with van der Waals surface area (Å²) in [4.78, 5) is 13.3. The summed E-state index contributed by atoms with van der Waals surface area (Å²) in [6, 6.07) is 0. The summed E-state index contributed by atoms with van der Waals surface area (Å²) in [6.45, 7) is 7.94. The molecule has 9 heteroatoms. The van der Waals surface area contributed by atoms with Gasteiger partial charge in [-0.1, -0.05) is 13.8 Å². The fourth-order valence-corrected chi connectivity index (χ4v) is 8.31. The number of aliphatic hydroxyl groups is 8. The van der Waals surface area contributed by atoms with Crippen LogP contribution in [0.3, 0.4) is 0 Å². The topological polar surface area (TPSA) is 179 Å². The lowest BCUT2D eigenvalue weighted by Crippen LogP contribution is -2.67. The van der Waals surface area contributed by atoms with Crippen LogP contribution < -0.4 is 0 Å². The average Bonchev–Trinajstić information content (AvgIpc) is 3.06. The quantitative estimate of drug-likeness (QED) is 0.247. The van der Waals surface area contributed by atoms with Gasteiger partial charge in [-0.05, 0) is 76.4 Å². The molecule has 0 amide bonds. The van der Waals surface area contributed by atoms with Crippen LogP contribution in [0.1, 0.15) is 73.1 Å². The second-order valence-corrected chi connectivity index (χ2v) is 13.3. The molecule has 0 aromatic rings. The van der Waals surface area contributed by atoms with E-state index in [1.807, 2.05) is 6.92 Å². The van der Waals surface area contributed by atoms with E-state index in [-0.39, 0.29) is 25.0 Å². The molecule has 12 atom stereocenters.